The van der Waals surface area contributed by atoms with Gasteiger partial charge in [0.05, 0.1) is 13.2 Å². The zero-order valence-electron chi connectivity index (χ0n) is 11.4. The van der Waals surface area contributed by atoms with Gasteiger partial charge >= 0.3 is 0 Å². The van der Waals surface area contributed by atoms with Crippen LogP contribution in [-0.2, 0) is 11.3 Å². The second kappa shape index (κ2) is 7.86. The fourth-order valence-corrected chi connectivity index (χ4v) is 1.72. The van der Waals surface area contributed by atoms with Gasteiger partial charge in [0.15, 0.2) is 0 Å². The molecule has 0 spiro atoms. The average Bonchev–Trinajstić information content (AvgIpc) is 2.37. The van der Waals surface area contributed by atoms with Gasteiger partial charge in [-0.1, -0.05) is 18.2 Å². The normalized spacial score (nSPS) is 11.1. The minimum absolute atomic E-state index is 0.0127. The minimum Gasteiger partial charge on any atom is -0.395 e. The van der Waals surface area contributed by atoms with Crippen LogP contribution in [0.4, 0.5) is 4.39 Å². The largest absolute Gasteiger partial charge is 0.395 e. The molecule has 0 aromatic heterocycles. The van der Waals surface area contributed by atoms with Crippen molar-refractivity contribution < 1.29 is 14.3 Å². The minimum atomic E-state index is -0.320. The van der Waals surface area contributed by atoms with Gasteiger partial charge in [0.25, 0.3) is 0 Å². The highest BCUT2D eigenvalue weighted by Gasteiger charge is 2.13. The molecule has 2 N–H and O–H groups in total. The van der Waals surface area contributed by atoms with E-state index in [1.165, 1.54) is 6.07 Å². The zero-order valence-corrected chi connectivity index (χ0v) is 11.4. The van der Waals surface area contributed by atoms with E-state index in [0.29, 0.717) is 12.1 Å². The molecule has 0 saturated heterocycles. The van der Waals surface area contributed by atoms with Crippen LogP contribution in [0.25, 0.3) is 0 Å². The lowest BCUT2D eigenvalue weighted by Crippen LogP contribution is -2.42. The van der Waals surface area contributed by atoms with E-state index in [4.69, 9.17) is 5.11 Å². The molecule has 1 aromatic carbocycles. The Bertz CT molecular complexity index is 410. The Morgan fingerprint density at radius 1 is 1.42 bits per heavy atom. The van der Waals surface area contributed by atoms with Crippen LogP contribution in [-0.4, -0.2) is 41.7 Å². The molecular formula is C14H21FN2O2. The number of benzene rings is 1. The van der Waals surface area contributed by atoms with Crippen molar-refractivity contribution in [2.75, 3.05) is 19.7 Å². The van der Waals surface area contributed by atoms with E-state index in [9.17, 15) is 9.18 Å². The summed E-state index contributed by atoms with van der Waals surface area (Å²) in [4.78, 5) is 13.6. The second-order valence-electron chi connectivity index (χ2n) is 4.66. The third kappa shape index (κ3) is 5.36. The van der Waals surface area contributed by atoms with Gasteiger partial charge in [-0.2, -0.15) is 0 Å². The number of carbonyl (C=O) groups is 1. The summed E-state index contributed by atoms with van der Waals surface area (Å²) in [5.74, 6) is -0.496. The van der Waals surface area contributed by atoms with E-state index in [2.05, 4.69) is 5.32 Å². The molecule has 0 heterocycles. The predicted molar refractivity (Wildman–Crippen MR) is 72.0 cm³/mol. The number of aliphatic hydroxyl groups is 1. The van der Waals surface area contributed by atoms with Crippen molar-refractivity contribution in [2.45, 2.75) is 26.4 Å². The van der Waals surface area contributed by atoms with Gasteiger partial charge in [-0.15, -0.1) is 0 Å². The zero-order chi connectivity index (χ0) is 14.3. The quantitative estimate of drug-likeness (QED) is 0.780. The number of rotatable bonds is 7. The Kier molecular flexibility index (Phi) is 6.45. The maximum atomic E-state index is 13.4. The molecule has 19 heavy (non-hydrogen) atoms. The molecule has 0 unspecified atom stereocenters. The Balaban J connectivity index is 2.45. The van der Waals surface area contributed by atoms with Gasteiger partial charge in [0.2, 0.25) is 5.91 Å². The second-order valence-corrected chi connectivity index (χ2v) is 4.66. The van der Waals surface area contributed by atoms with E-state index in [1.807, 2.05) is 18.7 Å². The van der Waals surface area contributed by atoms with Gasteiger partial charge in [-0.25, -0.2) is 4.39 Å². The standard InChI is InChI=1S/C14H21FN2O2/c1-11(2)17(7-8-18)10-14(19)16-9-12-5-3-4-6-13(12)15/h3-6,11,18H,7-10H2,1-2H3,(H,16,19). The van der Waals surface area contributed by atoms with Crippen LogP contribution in [0.2, 0.25) is 0 Å². The van der Waals surface area contributed by atoms with E-state index in [0.717, 1.165) is 0 Å². The summed E-state index contributed by atoms with van der Waals surface area (Å²) < 4.78 is 13.4. The summed E-state index contributed by atoms with van der Waals surface area (Å²) in [6, 6.07) is 6.53. The number of hydrogen-bond donors (Lipinski definition) is 2. The lowest BCUT2D eigenvalue weighted by atomic mass is 10.2. The van der Waals surface area contributed by atoms with Crippen LogP contribution in [0.15, 0.2) is 24.3 Å². The van der Waals surface area contributed by atoms with Crippen molar-refractivity contribution in [1.29, 1.82) is 0 Å². The van der Waals surface area contributed by atoms with E-state index in [1.54, 1.807) is 18.2 Å². The maximum Gasteiger partial charge on any atom is 0.234 e. The van der Waals surface area contributed by atoms with Crippen molar-refractivity contribution in [3.63, 3.8) is 0 Å². The molecule has 106 valence electrons. The van der Waals surface area contributed by atoms with E-state index < -0.39 is 0 Å². The molecule has 0 saturated carbocycles. The van der Waals surface area contributed by atoms with Gasteiger partial charge in [-0.05, 0) is 19.9 Å². The summed E-state index contributed by atoms with van der Waals surface area (Å²) in [6.45, 7) is 4.76. The topological polar surface area (TPSA) is 52.6 Å². The monoisotopic (exact) mass is 268 g/mol. The van der Waals surface area contributed by atoms with Crippen molar-refractivity contribution in [1.82, 2.24) is 10.2 Å². The van der Waals surface area contributed by atoms with Gasteiger partial charge in [0, 0.05) is 24.7 Å². The average molecular weight is 268 g/mol. The van der Waals surface area contributed by atoms with Gasteiger partial charge in [0.1, 0.15) is 5.82 Å². The van der Waals surface area contributed by atoms with Gasteiger partial charge < -0.3 is 10.4 Å². The first-order valence-corrected chi connectivity index (χ1v) is 6.39. The Labute approximate surface area is 113 Å². The molecule has 0 aliphatic rings. The number of hydrogen-bond acceptors (Lipinski definition) is 3. The third-order valence-corrected chi connectivity index (χ3v) is 2.90. The Morgan fingerprint density at radius 3 is 2.68 bits per heavy atom. The molecule has 0 bridgehead atoms. The molecule has 0 radical (unpaired) electrons. The number of nitrogens with zero attached hydrogens (tertiary/aromatic N) is 1. The molecule has 1 aromatic rings. The number of amides is 1. The number of aliphatic hydroxyl groups excluding tert-OH is 1. The third-order valence-electron chi connectivity index (χ3n) is 2.90. The molecule has 4 nitrogen and oxygen atoms in total. The van der Waals surface area contributed by atoms with Crippen LogP contribution in [0.5, 0.6) is 0 Å². The number of carbonyl (C=O) groups excluding carboxylic acids is 1. The fourth-order valence-electron chi connectivity index (χ4n) is 1.72. The van der Waals surface area contributed by atoms with Crippen LogP contribution < -0.4 is 5.32 Å². The maximum absolute atomic E-state index is 13.4. The van der Waals surface area contributed by atoms with Crippen LogP contribution in [0.1, 0.15) is 19.4 Å². The summed E-state index contributed by atoms with van der Waals surface area (Å²) in [6.07, 6.45) is 0. The van der Waals surface area contributed by atoms with Crippen LogP contribution in [0.3, 0.4) is 0 Å². The summed E-state index contributed by atoms with van der Waals surface area (Å²) >= 11 is 0. The molecule has 0 atom stereocenters. The first-order chi connectivity index (χ1) is 9.04. The van der Waals surface area contributed by atoms with Crippen LogP contribution >= 0.6 is 0 Å². The lowest BCUT2D eigenvalue weighted by Gasteiger charge is -2.24. The Hall–Kier alpha value is -1.46. The lowest BCUT2D eigenvalue weighted by molar-refractivity contribution is -0.122. The van der Waals surface area contributed by atoms with Gasteiger partial charge in [-0.3, -0.25) is 9.69 Å². The van der Waals surface area contributed by atoms with Crippen LogP contribution in [0, 0.1) is 5.82 Å². The molecular weight excluding hydrogens is 247 g/mol. The number of halogens is 1. The first-order valence-electron chi connectivity index (χ1n) is 6.39. The van der Waals surface area contributed by atoms with Crippen molar-refractivity contribution in [2.24, 2.45) is 0 Å². The molecule has 0 aliphatic carbocycles. The highest BCUT2D eigenvalue weighted by molar-refractivity contribution is 5.78. The molecule has 5 heteroatoms. The number of nitrogens with one attached hydrogen (secondary N) is 1. The molecule has 1 rings (SSSR count). The molecule has 1 amide bonds. The first kappa shape index (κ1) is 15.6. The fraction of sp³-hybridized carbons (Fsp3) is 0.500. The smallest absolute Gasteiger partial charge is 0.234 e. The van der Waals surface area contributed by atoms with Crippen molar-refractivity contribution in [3.05, 3.63) is 35.6 Å². The summed E-state index contributed by atoms with van der Waals surface area (Å²) in [5, 5.41) is 11.6. The highest BCUT2D eigenvalue weighted by Crippen LogP contribution is 2.05. The molecule has 0 fully saturated rings. The summed E-state index contributed by atoms with van der Waals surface area (Å²) in [5.41, 5.74) is 0.467. The van der Waals surface area contributed by atoms with Crippen molar-refractivity contribution >= 4 is 5.91 Å². The highest BCUT2D eigenvalue weighted by atomic mass is 19.1. The van der Waals surface area contributed by atoms with E-state index in [-0.39, 0.29) is 37.5 Å². The predicted octanol–water partition coefficient (Wildman–Crippen LogP) is 1.14. The van der Waals surface area contributed by atoms with E-state index >= 15 is 0 Å². The SMILES string of the molecule is CC(C)N(CCO)CC(=O)NCc1ccccc1F. The summed E-state index contributed by atoms with van der Waals surface area (Å²) in [7, 11) is 0. The molecule has 0 aliphatic heterocycles. The van der Waals surface area contributed by atoms with Crippen molar-refractivity contribution in [3.8, 4) is 0 Å². The Morgan fingerprint density at radius 2 is 2.11 bits per heavy atom.